The predicted molar refractivity (Wildman–Crippen MR) is 120 cm³/mol. The summed E-state index contributed by atoms with van der Waals surface area (Å²) in [4.78, 5) is 19.2. The van der Waals surface area contributed by atoms with Gasteiger partial charge >= 0.3 is 0 Å². The Morgan fingerprint density at radius 2 is 1.87 bits per heavy atom. The normalized spacial score (nSPS) is 17.2. The van der Waals surface area contributed by atoms with Crippen LogP contribution in [0.4, 0.5) is 0 Å². The van der Waals surface area contributed by atoms with Gasteiger partial charge in [-0.2, -0.15) is 0 Å². The third-order valence-corrected chi connectivity index (χ3v) is 8.01. The molecule has 1 saturated heterocycles. The first-order valence-electron chi connectivity index (χ1n) is 9.87. The van der Waals surface area contributed by atoms with Crippen molar-refractivity contribution >= 4 is 50.5 Å². The van der Waals surface area contributed by atoms with E-state index in [4.69, 9.17) is 34.8 Å². The van der Waals surface area contributed by atoms with Crippen LogP contribution < -0.4 is 0 Å². The van der Waals surface area contributed by atoms with E-state index in [0.29, 0.717) is 6.54 Å². The highest BCUT2D eigenvalue weighted by Crippen LogP contribution is 2.33. The van der Waals surface area contributed by atoms with Crippen LogP contribution in [0.3, 0.4) is 0 Å². The summed E-state index contributed by atoms with van der Waals surface area (Å²) in [5.41, 5.74) is 0.526. The summed E-state index contributed by atoms with van der Waals surface area (Å²) in [6.07, 6.45) is 5.03. The first kappa shape index (κ1) is 23.3. The summed E-state index contributed by atoms with van der Waals surface area (Å²) < 4.78 is 25.8. The maximum absolute atomic E-state index is 13.1. The van der Waals surface area contributed by atoms with E-state index in [2.05, 4.69) is 11.9 Å². The Bertz CT molecular complexity index is 1040. The first-order valence-corrected chi connectivity index (χ1v) is 12.7. The summed E-state index contributed by atoms with van der Waals surface area (Å²) in [6, 6.07) is 7.61. The molecule has 1 fully saturated rings. The number of carbonyl (C=O) groups is 1. The molecule has 5 nitrogen and oxygen atoms in total. The molecule has 1 unspecified atom stereocenters. The second-order valence-electron chi connectivity index (χ2n) is 7.41. The van der Waals surface area contributed by atoms with Gasteiger partial charge in [-0.25, -0.2) is 13.4 Å². The molecule has 1 aromatic heterocycles. The summed E-state index contributed by atoms with van der Waals surface area (Å²) >= 11 is 17.9. The molecule has 1 aromatic carbocycles. The lowest BCUT2D eigenvalue weighted by atomic mass is 9.98. The van der Waals surface area contributed by atoms with Gasteiger partial charge in [-0.1, -0.05) is 54.2 Å². The molecule has 0 bridgehead atoms. The molecular formula is C21H23Cl3N2O3S. The number of carbonyl (C=O) groups excluding carboxylic acids is 1. The van der Waals surface area contributed by atoms with Crippen molar-refractivity contribution in [2.45, 2.75) is 55.7 Å². The van der Waals surface area contributed by atoms with Gasteiger partial charge in [0.1, 0.15) is 5.69 Å². The average Bonchev–Trinajstić information content (AvgIpc) is 2.70. The third-order valence-electron chi connectivity index (χ3n) is 5.18. The summed E-state index contributed by atoms with van der Waals surface area (Å²) in [5.74, 6) is -0.551. The van der Waals surface area contributed by atoms with Gasteiger partial charge in [0.25, 0.3) is 5.91 Å². The van der Waals surface area contributed by atoms with E-state index in [1.54, 1.807) is 18.2 Å². The maximum atomic E-state index is 13.1. The van der Waals surface area contributed by atoms with Crippen LogP contribution in [0.25, 0.3) is 0 Å². The quantitative estimate of drug-likeness (QED) is 0.480. The molecule has 2 heterocycles. The minimum atomic E-state index is -3.83. The number of amides is 1. The molecule has 0 aliphatic carbocycles. The van der Waals surface area contributed by atoms with Crippen LogP contribution in [0.2, 0.25) is 15.1 Å². The number of pyridine rings is 1. The number of piperidine rings is 1. The number of aromatic nitrogens is 1. The third kappa shape index (κ3) is 5.28. The second-order valence-corrected chi connectivity index (χ2v) is 10.6. The summed E-state index contributed by atoms with van der Waals surface area (Å²) in [5, 5.41) is 0.269. The fraction of sp³-hybridized carbons (Fsp3) is 0.429. The number of hydrogen-bond acceptors (Lipinski definition) is 4. The Kier molecular flexibility index (Phi) is 7.66. The van der Waals surface area contributed by atoms with E-state index in [1.807, 2.05) is 4.90 Å². The SMILES string of the molecule is CCCC1CCCCN1C(=O)c1cccc(CS(=O)(=O)c2cc(Cl)c(Cl)cc2Cl)n1. The van der Waals surface area contributed by atoms with E-state index in [1.165, 1.54) is 12.1 Å². The molecule has 1 aliphatic rings. The second kappa shape index (κ2) is 9.86. The Morgan fingerprint density at radius 3 is 2.60 bits per heavy atom. The molecule has 1 amide bonds. The highest BCUT2D eigenvalue weighted by molar-refractivity contribution is 7.90. The van der Waals surface area contributed by atoms with Crippen molar-refractivity contribution in [3.8, 4) is 0 Å². The molecule has 0 radical (unpaired) electrons. The van der Waals surface area contributed by atoms with Crippen LogP contribution in [0.5, 0.6) is 0 Å². The van der Waals surface area contributed by atoms with Crippen LogP contribution in [0.15, 0.2) is 35.2 Å². The van der Waals surface area contributed by atoms with E-state index < -0.39 is 15.6 Å². The number of halogens is 3. The van der Waals surface area contributed by atoms with Crippen LogP contribution in [-0.2, 0) is 15.6 Å². The van der Waals surface area contributed by atoms with Gasteiger partial charge in [-0.3, -0.25) is 4.79 Å². The number of nitrogens with zero attached hydrogens (tertiary/aromatic N) is 2. The number of rotatable bonds is 6. The van der Waals surface area contributed by atoms with Crippen molar-refractivity contribution in [1.29, 1.82) is 0 Å². The first-order chi connectivity index (χ1) is 14.2. The number of likely N-dealkylation sites (tertiary alicyclic amines) is 1. The monoisotopic (exact) mass is 488 g/mol. The molecule has 9 heteroatoms. The molecule has 0 N–H and O–H groups in total. The van der Waals surface area contributed by atoms with E-state index >= 15 is 0 Å². The molecule has 162 valence electrons. The summed E-state index contributed by atoms with van der Waals surface area (Å²) in [6.45, 7) is 2.81. The Labute approximate surface area is 192 Å². The van der Waals surface area contributed by atoms with Crippen LogP contribution in [-0.4, -0.2) is 36.8 Å². The number of benzene rings is 1. The van der Waals surface area contributed by atoms with Gasteiger partial charge in [-0.05, 0) is 49.9 Å². The molecule has 30 heavy (non-hydrogen) atoms. The van der Waals surface area contributed by atoms with E-state index in [-0.39, 0.29) is 43.3 Å². The lowest BCUT2D eigenvalue weighted by molar-refractivity contribution is 0.0594. The zero-order chi connectivity index (χ0) is 21.9. The Hall–Kier alpha value is -1.34. The fourth-order valence-corrected chi connectivity index (χ4v) is 6.07. The van der Waals surface area contributed by atoms with Gasteiger partial charge in [0, 0.05) is 12.6 Å². The molecule has 1 atom stereocenters. The minimum absolute atomic E-state index is 0.00708. The largest absolute Gasteiger partial charge is 0.334 e. The van der Waals surface area contributed by atoms with E-state index in [0.717, 1.165) is 32.1 Å². The van der Waals surface area contributed by atoms with Gasteiger partial charge in [0.05, 0.1) is 31.4 Å². The number of hydrogen-bond donors (Lipinski definition) is 0. The standard InChI is InChI=1S/C21H23Cl3N2O3S/c1-2-6-15-8-3-4-10-26(15)21(27)19-9-5-7-14(25-19)13-30(28,29)20-12-17(23)16(22)11-18(20)24/h5,7,9,11-12,15H,2-4,6,8,10,13H2,1H3. The van der Waals surface area contributed by atoms with Crippen molar-refractivity contribution in [1.82, 2.24) is 9.88 Å². The van der Waals surface area contributed by atoms with Gasteiger partial charge < -0.3 is 4.90 Å². The van der Waals surface area contributed by atoms with Crippen LogP contribution in [0, 0.1) is 0 Å². The Morgan fingerprint density at radius 1 is 1.13 bits per heavy atom. The smallest absolute Gasteiger partial charge is 0.272 e. The summed E-state index contributed by atoms with van der Waals surface area (Å²) in [7, 11) is -3.83. The van der Waals surface area contributed by atoms with E-state index in [9.17, 15) is 13.2 Å². The number of sulfone groups is 1. The van der Waals surface area contributed by atoms with Gasteiger partial charge in [0.15, 0.2) is 9.84 Å². The highest BCUT2D eigenvalue weighted by Gasteiger charge is 2.28. The van der Waals surface area contributed by atoms with Gasteiger partial charge in [-0.15, -0.1) is 0 Å². The molecule has 0 saturated carbocycles. The lowest BCUT2D eigenvalue weighted by Gasteiger charge is -2.35. The van der Waals surface area contributed by atoms with Crippen molar-refractivity contribution in [3.05, 3.63) is 56.8 Å². The lowest BCUT2D eigenvalue weighted by Crippen LogP contribution is -2.44. The van der Waals surface area contributed by atoms with Crippen molar-refractivity contribution < 1.29 is 13.2 Å². The molecule has 1 aliphatic heterocycles. The molecular weight excluding hydrogens is 467 g/mol. The molecule has 0 spiro atoms. The van der Waals surface area contributed by atoms with Gasteiger partial charge in [0.2, 0.25) is 0 Å². The molecule has 2 aromatic rings. The topological polar surface area (TPSA) is 67.3 Å². The minimum Gasteiger partial charge on any atom is -0.334 e. The zero-order valence-electron chi connectivity index (χ0n) is 16.6. The van der Waals surface area contributed by atoms with Crippen LogP contribution >= 0.6 is 34.8 Å². The zero-order valence-corrected chi connectivity index (χ0v) is 19.7. The highest BCUT2D eigenvalue weighted by atomic mass is 35.5. The van der Waals surface area contributed by atoms with Crippen molar-refractivity contribution in [2.24, 2.45) is 0 Å². The average molecular weight is 490 g/mol. The molecule has 3 rings (SSSR count). The maximum Gasteiger partial charge on any atom is 0.272 e. The fourth-order valence-electron chi connectivity index (χ4n) is 3.74. The predicted octanol–water partition coefficient (Wildman–Crippen LogP) is 5.81. The van der Waals surface area contributed by atoms with Crippen molar-refractivity contribution in [2.75, 3.05) is 6.54 Å². The van der Waals surface area contributed by atoms with Crippen LogP contribution in [0.1, 0.15) is 55.2 Å². The Balaban J connectivity index is 1.85. The van der Waals surface area contributed by atoms with Crippen molar-refractivity contribution in [3.63, 3.8) is 0 Å².